The summed E-state index contributed by atoms with van der Waals surface area (Å²) in [6.07, 6.45) is 0.805. The van der Waals surface area contributed by atoms with Gasteiger partial charge < -0.3 is 15.2 Å². The molecule has 1 saturated heterocycles. The van der Waals surface area contributed by atoms with Crippen molar-refractivity contribution >= 4 is 5.91 Å². The lowest BCUT2D eigenvalue weighted by Gasteiger charge is -2.37. The van der Waals surface area contributed by atoms with Crippen LogP contribution in [-0.2, 0) is 4.79 Å². The van der Waals surface area contributed by atoms with Gasteiger partial charge >= 0.3 is 0 Å². The Morgan fingerprint density at radius 2 is 2.08 bits per heavy atom. The first kappa shape index (κ1) is 17.2. The maximum Gasteiger partial charge on any atom is 0.237 e. The smallest absolute Gasteiger partial charge is 0.237 e. The summed E-state index contributed by atoms with van der Waals surface area (Å²) in [4.78, 5) is 17.1. The molecule has 0 saturated carbocycles. The summed E-state index contributed by atoms with van der Waals surface area (Å²) in [7, 11) is 0. The lowest BCUT2D eigenvalue weighted by molar-refractivity contribution is -0.127. The van der Waals surface area contributed by atoms with Gasteiger partial charge in [0.2, 0.25) is 5.91 Å². The average Bonchev–Trinajstić information content (AvgIpc) is 2.62. The van der Waals surface area contributed by atoms with E-state index in [4.69, 9.17) is 9.84 Å². The largest absolute Gasteiger partial charge is 0.493 e. The van der Waals surface area contributed by atoms with Crippen molar-refractivity contribution in [3.05, 3.63) is 29.8 Å². The number of carbonyl (C=O) groups is 1. The van der Waals surface area contributed by atoms with E-state index in [9.17, 15) is 4.79 Å². The van der Waals surface area contributed by atoms with Crippen molar-refractivity contribution < 1.29 is 14.6 Å². The van der Waals surface area contributed by atoms with Gasteiger partial charge in [-0.2, -0.15) is 0 Å². The SMILES string of the molecule is C[C@@H](C(=O)N[C@H]1CCOc2ccccc21)N1CCN(CCO)CC1. The molecule has 3 rings (SSSR count). The molecule has 2 aliphatic heterocycles. The standard InChI is InChI=1S/C18H27N3O3/c1-14(21-9-7-20(8-10-21)11-12-22)18(23)19-16-6-13-24-17-5-3-2-4-15(16)17/h2-5,14,16,22H,6-13H2,1H3,(H,19,23)/t14-,16-/m0/s1. The zero-order valence-electron chi connectivity index (χ0n) is 14.3. The fraction of sp³-hybridized carbons (Fsp3) is 0.611. The summed E-state index contributed by atoms with van der Waals surface area (Å²) in [5, 5.41) is 12.2. The Labute approximate surface area is 143 Å². The predicted molar refractivity (Wildman–Crippen MR) is 92.0 cm³/mol. The molecule has 1 fully saturated rings. The molecule has 24 heavy (non-hydrogen) atoms. The molecule has 2 N–H and O–H groups in total. The number of para-hydroxylation sites is 1. The normalized spacial score (nSPS) is 23.2. The van der Waals surface area contributed by atoms with Gasteiger partial charge in [0.15, 0.2) is 0 Å². The molecule has 1 aromatic carbocycles. The number of piperazine rings is 1. The quantitative estimate of drug-likeness (QED) is 0.827. The van der Waals surface area contributed by atoms with Gasteiger partial charge in [-0.05, 0) is 13.0 Å². The third kappa shape index (κ3) is 3.88. The summed E-state index contributed by atoms with van der Waals surface area (Å²) < 4.78 is 5.66. The first-order valence-corrected chi connectivity index (χ1v) is 8.78. The third-order valence-electron chi connectivity index (χ3n) is 5.03. The van der Waals surface area contributed by atoms with Crippen LogP contribution >= 0.6 is 0 Å². The number of aliphatic hydroxyl groups is 1. The Hall–Kier alpha value is -1.63. The van der Waals surface area contributed by atoms with Gasteiger partial charge in [-0.3, -0.25) is 14.6 Å². The van der Waals surface area contributed by atoms with Crippen LogP contribution in [0.2, 0.25) is 0 Å². The lowest BCUT2D eigenvalue weighted by Crippen LogP contribution is -2.54. The van der Waals surface area contributed by atoms with Crippen LogP contribution in [0.4, 0.5) is 0 Å². The Kier molecular flexibility index (Phi) is 5.71. The van der Waals surface area contributed by atoms with Crippen LogP contribution in [0.3, 0.4) is 0 Å². The minimum absolute atomic E-state index is 0.0283. The number of ether oxygens (including phenoxy) is 1. The van der Waals surface area contributed by atoms with E-state index in [1.807, 2.05) is 31.2 Å². The molecular weight excluding hydrogens is 306 g/mol. The van der Waals surface area contributed by atoms with E-state index in [0.717, 1.165) is 43.9 Å². The van der Waals surface area contributed by atoms with E-state index in [0.29, 0.717) is 13.2 Å². The Morgan fingerprint density at radius 3 is 2.83 bits per heavy atom. The van der Waals surface area contributed by atoms with Crippen molar-refractivity contribution in [2.75, 3.05) is 45.9 Å². The van der Waals surface area contributed by atoms with Gasteiger partial charge in [-0.15, -0.1) is 0 Å². The molecule has 0 aromatic heterocycles. The number of amides is 1. The number of nitrogens with one attached hydrogen (secondary N) is 1. The van der Waals surface area contributed by atoms with Crippen LogP contribution in [0, 0.1) is 0 Å². The van der Waals surface area contributed by atoms with Gasteiger partial charge in [-0.1, -0.05) is 18.2 Å². The van der Waals surface area contributed by atoms with Crippen molar-refractivity contribution in [3.8, 4) is 5.75 Å². The van der Waals surface area contributed by atoms with E-state index >= 15 is 0 Å². The maximum absolute atomic E-state index is 12.7. The van der Waals surface area contributed by atoms with Crippen molar-refractivity contribution in [1.82, 2.24) is 15.1 Å². The molecule has 1 amide bonds. The van der Waals surface area contributed by atoms with E-state index in [2.05, 4.69) is 15.1 Å². The van der Waals surface area contributed by atoms with Crippen LogP contribution in [0.5, 0.6) is 5.75 Å². The highest BCUT2D eigenvalue weighted by atomic mass is 16.5. The van der Waals surface area contributed by atoms with E-state index in [-0.39, 0.29) is 24.6 Å². The molecule has 6 heteroatoms. The summed E-state index contributed by atoms with van der Waals surface area (Å²) in [6.45, 7) is 7.04. The predicted octanol–water partition coefficient (Wildman–Crippen LogP) is 0.625. The zero-order chi connectivity index (χ0) is 16.9. The molecular formula is C18H27N3O3. The first-order valence-electron chi connectivity index (χ1n) is 8.78. The van der Waals surface area contributed by atoms with E-state index in [1.54, 1.807) is 0 Å². The lowest BCUT2D eigenvalue weighted by atomic mass is 10.00. The number of hydrogen-bond acceptors (Lipinski definition) is 5. The summed E-state index contributed by atoms with van der Waals surface area (Å²) >= 11 is 0. The molecule has 0 bridgehead atoms. The number of fused-ring (bicyclic) bond motifs is 1. The number of β-amino-alcohol motifs (C(OH)–C–C–N with tert-alkyl or cyclic N) is 1. The molecule has 1 aromatic rings. The zero-order valence-corrected chi connectivity index (χ0v) is 14.3. The maximum atomic E-state index is 12.7. The fourth-order valence-electron chi connectivity index (χ4n) is 3.47. The van der Waals surface area contributed by atoms with Crippen LogP contribution in [0.25, 0.3) is 0 Å². The molecule has 2 atom stereocenters. The Balaban J connectivity index is 1.56. The number of benzene rings is 1. The van der Waals surface area contributed by atoms with Crippen LogP contribution < -0.4 is 10.1 Å². The number of nitrogens with zero attached hydrogens (tertiary/aromatic N) is 2. The Bertz CT molecular complexity index is 558. The number of hydrogen-bond donors (Lipinski definition) is 2. The van der Waals surface area contributed by atoms with Crippen LogP contribution in [-0.4, -0.2) is 72.8 Å². The average molecular weight is 333 g/mol. The van der Waals surface area contributed by atoms with Gasteiger partial charge in [0.1, 0.15) is 5.75 Å². The highest BCUT2D eigenvalue weighted by Gasteiger charge is 2.29. The van der Waals surface area contributed by atoms with Crippen molar-refractivity contribution in [2.45, 2.75) is 25.4 Å². The summed E-state index contributed by atoms with van der Waals surface area (Å²) in [5.41, 5.74) is 1.07. The number of aliphatic hydroxyl groups excluding tert-OH is 1. The monoisotopic (exact) mass is 333 g/mol. The molecule has 0 unspecified atom stereocenters. The third-order valence-corrected chi connectivity index (χ3v) is 5.03. The van der Waals surface area contributed by atoms with Crippen molar-refractivity contribution in [3.63, 3.8) is 0 Å². The Morgan fingerprint density at radius 1 is 1.33 bits per heavy atom. The highest BCUT2D eigenvalue weighted by Crippen LogP contribution is 2.31. The number of rotatable bonds is 5. The van der Waals surface area contributed by atoms with Crippen LogP contribution in [0.15, 0.2) is 24.3 Å². The molecule has 132 valence electrons. The van der Waals surface area contributed by atoms with Gasteiger partial charge in [0.25, 0.3) is 0 Å². The summed E-state index contributed by atoms with van der Waals surface area (Å²) in [6, 6.07) is 7.81. The van der Waals surface area contributed by atoms with Gasteiger partial charge in [0, 0.05) is 44.7 Å². The minimum atomic E-state index is -0.142. The van der Waals surface area contributed by atoms with Gasteiger partial charge in [0.05, 0.1) is 25.3 Å². The molecule has 2 heterocycles. The molecule has 0 spiro atoms. The molecule has 0 aliphatic carbocycles. The highest BCUT2D eigenvalue weighted by molar-refractivity contribution is 5.82. The molecule has 6 nitrogen and oxygen atoms in total. The van der Waals surface area contributed by atoms with Gasteiger partial charge in [-0.25, -0.2) is 0 Å². The van der Waals surface area contributed by atoms with Crippen molar-refractivity contribution in [1.29, 1.82) is 0 Å². The second-order valence-corrected chi connectivity index (χ2v) is 6.51. The molecule has 0 radical (unpaired) electrons. The topological polar surface area (TPSA) is 65.0 Å². The molecule has 2 aliphatic rings. The summed E-state index contributed by atoms with van der Waals surface area (Å²) in [5.74, 6) is 0.951. The minimum Gasteiger partial charge on any atom is -0.493 e. The van der Waals surface area contributed by atoms with Crippen molar-refractivity contribution in [2.24, 2.45) is 0 Å². The first-order chi connectivity index (χ1) is 11.7. The fourth-order valence-corrected chi connectivity index (χ4v) is 3.47. The second-order valence-electron chi connectivity index (χ2n) is 6.51. The van der Waals surface area contributed by atoms with E-state index in [1.165, 1.54) is 0 Å². The van der Waals surface area contributed by atoms with E-state index < -0.39 is 0 Å². The second kappa shape index (κ2) is 7.96. The number of carbonyl (C=O) groups excluding carboxylic acids is 1. The van der Waals surface area contributed by atoms with Crippen LogP contribution in [0.1, 0.15) is 24.9 Å².